The summed E-state index contributed by atoms with van der Waals surface area (Å²) in [6, 6.07) is 18.5. The zero-order valence-electron chi connectivity index (χ0n) is 24.2. The molecule has 2 aromatic carbocycles. The minimum absolute atomic E-state index is 0.0415. The lowest BCUT2D eigenvalue weighted by molar-refractivity contribution is -0.559. The lowest BCUT2D eigenvalue weighted by atomic mass is 9.40. The highest BCUT2D eigenvalue weighted by atomic mass is 16.5. The van der Waals surface area contributed by atoms with Crippen LogP contribution in [0.1, 0.15) is 73.1 Å². The summed E-state index contributed by atoms with van der Waals surface area (Å²) in [6.45, 7) is 6.52. The molecule has 0 radical (unpaired) electrons. The second-order valence-corrected chi connectivity index (χ2v) is 13.9. The van der Waals surface area contributed by atoms with Crippen molar-refractivity contribution in [2.75, 3.05) is 19.7 Å². The number of aliphatic hydroxyl groups excluding tert-OH is 1. The predicted octanol–water partition coefficient (Wildman–Crippen LogP) is 5.39. The predicted molar refractivity (Wildman–Crippen MR) is 155 cm³/mol. The van der Waals surface area contributed by atoms with Crippen molar-refractivity contribution >= 4 is 18.2 Å². The van der Waals surface area contributed by atoms with E-state index >= 15 is 0 Å². The van der Waals surface area contributed by atoms with Crippen LogP contribution in [-0.2, 0) is 9.47 Å². The first-order valence-electron chi connectivity index (χ1n) is 15.5. The van der Waals surface area contributed by atoms with Gasteiger partial charge in [-0.05, 0) is 80.0 Å². The van der Waals surface area contributed by atoms with Gasteiger partial charge in [-0.3, -0.25) is 0 Å². The van der Waals surface area contributed by atoms with Gasteiger partial charge in [0, 0.05) is 10.8 Å². The Morgan fingerprint density at radius 1 is 0.951 bits per heavy atom. The van der Waals surface area contributed by atoms with Gasteiger partial charge in [0.1, 0.15) is 25.5 Å². The quantitative estimate of drug-likeness (QED) is 0.382. The minimum atomic E-state index is -0.473. The van der Waals surface area contributed by atoms with Gasteiger partial charge in [-0.25, -0.2) is 14.2 Å². The van der Waals surface area contributed by atoms with Crippen LogP contribution in [0.4, 0.5) is 0 Å². The van der Waals surface area contributed by atoms with Crippen molar-refractivity contribution in [1.82, 2.24) is 0 Å². The normalized spacial score (nSPS) is 40.2. The fraction of sp³-hybridized carbons (Fsp3) is 0.571. The van der Waals surface area contributed by atoms with Gasteiger partial charge in [0.2, 0.25) is 0 Å². The Hall–Kier alpha value is -2.99. The van der Waals surface area contributed by atoms with Crippen molar-refractivity contribution in [3.8, 4) is 0 Å². The Morgan fingerprint density at radius 3 is 2.32 bits per heavy atom. The average Bonchev–Trinajstić information content (AvgIpc) is 3.50. The lowest BCUT2D eigenvalue weighted by Crippen LogP contribution is -2.69. The summed E-state index contributed by atoms with van der Waals surface area (Å²) in [7, 11) is 0. The SMILES string of the molecule is C[C@@H]1[C@@H]2C[C@@H]3[C@]45C=[N+](CCOC(=O)c6ccccc6)C[C@](C)(CCC4)[C@H]5C[C@@H](OC(=O)c4ccccc4)[C@]3(C2)[C@H]1O. The molecule has 1 aliphatic heterocycles. The van der Waals surface area contributed by atoms with Crippen LogP contribution in [0.2, 0.25) is 0 Å². The van der Waals surface area contributed by atoms with Crippen molar-refractivity contribution in [2.24, 2.45) is 39.9 Å². The maximum Gasteiger partial charge on any atom is 0.338 e. The molecule has 4 fully saturated rings. The molecule has 2 aromatic rings. The van der Waals surface area contributed by atoms with Crippen LogP contribution < -0.4 is 0 Å². The third-order valence-corrected chi connectivity index (χ3v) is 12.0. The number of ether oxygens (including phenoxy) is 2. The number of aliphatic hydroxyl groups is 1. The van der Waals surface area contributed by atoms with E-state index in [0.717, 1.165) is 38.6 Å². The summed E-state index contributed by atoms with van der Waals surface area (Å²) < 4.78 is 14.6. The molecule has 1 spiro atoms. The topological polar surface area (TPSA) is 75.8 Å². The van der Waals surface area contributed by atoms with Gasteiger partial charge >= 0.3 is 11.9 Å². The molecule has 0 amide bonds. The number of hydrogen-bond acceptors (Lipinski definition) is 5. The van der Waals surface area contributed by atoms with Gasteiger partial charge in [0.05, 0.1) is 22.6 Å². The number of carbonyl (C=O) groups is 2. The van der Waals surface area contributed by atoms with Gasteiger partial charge in [-0.15, -0.1) is 0 Å². The van der Waals surface area contributed by atoms with Gasteiger partial charge in [0.25, 0.3) is 0 Å². The third-order valence-electron chi connectivity index (χ3n) is 12.0. The van der Waals surface area contributed by atoms with Gasteiger partial charge in [0.15, 0.2) is 6.54 Å². The van der Waals surface area contributed by atoms with E-state index in [1.54, 1.807) is 12.1 Å². The van der Waals surface area contributed by atoms with E-state index in [2.05, 4.69) is 24.6 Å². The molecule has 0 aromatic heterocycles. The van der Waals surface area contributed by atoms with E-state index in [1.165, 1.54) is 6.42 Å². The molecule has 5 aliphatic rings. The standard InChI is InChI=1S/C35H42NO5/c1-23-26-18-28-34-15-9-14-33(2,21-36(22-34)16-17-40-31(38)24-10-5-3-6-11-24)27(34)19-29(35(28,20-26)30(23)37)41-32(39)25-12-7-4-8-13-25/h3-8,10-13,22-23,26-30,37H,9,14-21H2,1-2H3/q+1/t23-,26-,27-,28-,29-,30+,33+,34+,35-/m1/s1. The molecule has 0 unspecified atom stereocenters. The third kappa shape index (κ3) is 4.04. The molecule has 4 aliphatic carbocycles. The smallest absolute Gasteiger partial charge is 0.338 e. The van der Waals surface area contributed by atoms with Gasteiger partial charge < -0.3 is 14.6 Å². The van der Waals surface area contributed by atoms with Crippen LogP contribution in [0.25, 0.3) is 0 Å². The molecule has 216 valence electrons. The fourth-order valence-corrected chi connectivity index (χ4v) is 10.4. The molecule has 0 saturated heterocycles. The highest BCUT2D eigenvalue weighted by molar-refractivity contribution is 5.90. The molecular formula is C35H42NO5+. The number of esters is 2. The Bertz CT molecular complexity index is 1360. The van der Waals surface area contributed by atoms with E-state index in [-0.39, 0.29) is 40.7 Å². The second kappa shape index (κ2) is 9.79. The van der Waals surface area contributed by atoms with Crippen LogP contribution >= 0.6 is 0 Å². The Kier molecular flexibility index (Phi) is 6.42. The van der Waals surface area contributed by atoms with Crippen LogP contribution in [0.5, 0.6) is 0 Å². The summed E-state index contributed by atoms with van der Waals surface area (Å²) in [5, 5.41) is 11.9. The molecule has 4 bridgehead atoms. The minimum Gasteiger partial charge on any atom is -0.458 e. The molecule has 1 heterocycles. The van der Waals surface area contributed by atoms with E-state index in [4.69, 9.17) is 9.47 Å². The van der Waals surface area contributed by atoms with Crippen LogP contribution in [0.15, 0.2) is 60.7 Å². The summed E-state index contributed by atoms with van der Waals surface area (Å²) in [5.74, 6) is 0.765. The van der Waals surface area contributed by atoms with Gasteiger partial charge in [-0.1, -0.05) is 56.7 Å². The molecule has 6 heteroatoms. The number of rotatable bonds is 6. The Labute approximate surface area is 242 Å². The largest absolute Gasteiger partial charge is 0.458 e. The number of benzene rings is 2. The summed E-state index contributed by atoms with van der Waals surface area (Å²) in [5.41, 5.74) is 0.762. The van der Waals surface area contributed by atoms with E-state index in [9.17, 15) is 14.7 Å². The second-order valence-electron chi connectivity index (χ2n) is 13.9. The zero-order chi connectivity index (χ0) is 28.4. The van der Waals surface area contributed by atoms with E-state index in [0.29, 0.717) is 36.1 Å². The highest BCUT2D eigenvalue weighted by Gasteiger charge is 2.76. The number of nitrogens with zero attached hydrogens (tertiary/aromatic N) is 1. The monoisotopic (exact) mass is 556 g/mol. The van der Waals surface area contributed by atoms with E-state index in [1.807, 2.05) is 48.5 Å². The van der Waals surface area contributed by atoms with Crippen LogP contribution in [-0.4, -0.2) is 59.7 Å². The van der Waals surface area contributed by atoms with E-state index < -0.39 is 11.5 Å². The summed E-state index contributed by atoms with van der Waals surface area (Å²) in [6.07, 6.45) is 7.97. The maximum absolute atomic E-state index is 13.4. The highest BCUT2D eigenvalue weighted by Crippen LogP contribution is 2.75. The first kappa shape index (κ1) is 26.9. The molecule has 9 atom stereocenters. The molecule has 7 rings (SSSR count). The molecule has 1 N–H and O–H groups in total. The summed E-state index contributed by atoms with van der Waals surface area (Å²) in [4.78, 5) is 26.0. The van der Waals surface area contributed by atoms with Crippen LogP contribution in [0.3, 0.4) is 0 Å². The molecule has 41 heavy (non-hydrogen) atoms. The van der Waals surface area contributed by atoms with Crippen molar-refractivity contribution in [3.05, 3.63) is 71.8 Å². The molecular weight excluding hydrogens is 514 g/mol. The van der Waals surface area contributed by atoms with Crippen LogP contribution in [0, 0.1) is 39.9 Å². The number of carbonyl (C=O) groups excluding carboxylic acids is 2. The number of fused-ring (bicyclic) bond motifs is 1. The molecule has 4 saturated carbocycles. The number of hydrogen-bond donors (Lipinski definition) is 1. The zero-order valence-corrected chi connectivity index (χ0v) is 24.2. The van der Waals surface area contributed by atoms with Crippen molar-refractivity contribution in [2.45, 2.75) is 64.6 Å². The maximum atomic E-state index is 13.4. The summed E-state index contributed by atoms with van der Waals surface area (Å²) >= 11 is 0. The van der Waals surface area contributed by atoms with Crippen molar-refractivity contribution in [1.29, 1.82) is 0 Å². The van der Waals surface area contributed by atoms with Crippen molar-refractivity contribution in [3.63, 3.8) is 0 Å². The molecule has 6 nitrogen and oxygen atoms in total. The average molecular weight is 557 g/mol. The van der Waals surface area contributed by atoms with Crippen molar-refractivity contribution < 1.29 is 28.7 Å². The van der Waals surface area contributed by atoms with Gasteiger partial charge in [-0.2, -0.15) is 0 Å². The first-order chi connectivity index (χ1) is 19.8. The fourth-order valence-electron chi connectivity index (χ4n) is 10.4. The Balaban J connectivity index is 1.20. The first-order valence-corrected chi connectivity index (χ1v) is 15.5. The lowest BCUT2D eigenvalue weighted by Gasteiger charge is -2.64. The Morgan fingerprint density at radius 2 is 1.63 bits per heavy atom.